The second-order valence-electron chi connectivity index (χ2n) is 7.26. The Balaban J connectivity index is 0.00000225. The number of oxazole rings is 1. The fourth-order valence-corrected chi connectivity index (χ4v) is 3.87. The van der Waals surface area contributed by atoms with E-state index in [-0.39, 0.29) is 23.9 Å². The first-order chi connectivity index (χ1) is 13.1. The lowest BCUT2D eigenvalue weighted by molar-refractivity contribution is 0.0722. The Morgan fingerprint density at radius 3 is 3.07 bits per heavy atom. The largest absolute Gasteiger partial charge is 0.443 e. The number of benzene rings is 1. The molecular formula is C20H25ClFN3O3. The Bertz CT molecular complexity index is 836. The van der Waals surface area contributed by atoms with Crippen LogP contribution in [0.4, 0.5) is 4.39 Å². The van der Waals surface area contributed by atoms with Gasteiger partial charge < -0.3 is 19.4 Å². The summed E-state index contributed by atoms with van der Waals surface area (Å²) in [5.41, 5.74) is 1.88. The lowest BCUT2D eigenvalue weighted by Gasteiger charge is -2.25. The highest BCUT2D eigenvalue weighted by Gasteiger charge is 2.28. The highest BCUT2D eigenvalue weighted by molar-refractivity contribution is 5.94. The zero-order valence-electron chi connectivity index (χ0n) is 15.9. The Morgan fingerprint density at radius 2 is 2.32 bits per heavy atom. The SMILES string of the molecule is COCc1nc2c(o1)CCN(C(=O)c1cc(CC3CCNC3)ccc1F)C2.Cl. The molecule has 1 fully saturated rings. The molecule has 1 N–H and O–H groups in total. The molecule has 0 aliphatic carbocycles. The van der Waals surface area contributed by atoms with Crippen molar-refractivity contribution in [3.63, 3.8) is 0 Å². The van der Waals surface area contributed by atoms with E-state index in [9.17, 15) is 9.18 Å². The summed E-state index contributed by atoms with van der Waals surface area (Å²) in [7, 11) is 1.58. The van der Waals surface area contributed by atoms with Gasteiger partial charge in [-0.15, -0.1) is 12.4 Å². The van der Waals surface area contributed by atoms with Crippen LogP contribution in [-0.4, -0.2) is 42.5 Å². The molecule has 4 rings (SSSR count). The van der Waals surface area contributed by atoms with E-state index in [1.165, 1.54) is 6.07 Å². The summed E-state index contributed by atoms with van der Waals surface area (Å²) in [6.45, 7) is 3.12. The molecule has 0 radical (unpaired) electrons. The van der Waals surface area contributed by atoms with Crippen LogP contribution >= 0.6 is 12.4 Å². The second-order valence-corrected chi connectivity index (χ2v) is 7.26. The Kier molecular flexibility index (Phi) is 6.69. The molecule has 0 bridgehead atoms. The number of aromatic nitrogens is 1. The number of carbonyl (C=O) groups is 1. The smallest absolute Gasteiger partial charge is 0.257 e. The Morgan fingerprint density at radius 1 is 1.46 bits per heavy atom. The number of halogens is 2. The molecular weight excluding hydrogens is 385 g/mol. The normalized spacial score (nSPS) is 18.6. The van der Waals surface area contributed by atoms with E-state index < -0.39 is 5.82 Å². The van der Waals surface area contributed by atoms with Crippen LogP contribution in [-0.2, 0) is 30.7 Å². The average molecular weight is 410 g/mol. The summed E-state index contributed by atoms with van der Waals surface area (Å²) >= 11 is 0. The fourth-order valence-electron chi connectivity index (χ4n) is 3.87. The van der Waals surface area contributed by atoms with Crippen LogP contribution in [0.3, 0.4) is 0 Å². The van der Waals surface area contributed by atoms with E-state index in [2.05, 4.69) is 10.3 Å². The van der Waals surface area contributed by atoms with E-state index in [4.69, 9.17) is 9.15 Å². The zero-order chi connectivity index (χ0) is 18.8. The van der Waals surface area contributed by atoms with Gasteiger partial charge in [0.15, 0.2) is 0 Å². The quantitative estimate of drug-likeness (QED) is 0.822. The van der Waals surface area contributed by atoms with Crippen molar-refractivity contribution in [1.82, 2.24) is 15.2 Å². The number of carbonyl (C=O) groups excluding carboxylic acids is 1. The summed E-state index contributed by atoms with van der Waals surface area (Å²) in [6, 6.07) is 4.91. The lowest BCUT2D eigenvalue weighted by atomic mass is 9.97. The van der Waals surface area contributed by atoms with Crippen LogP contribution in [0.2, 0.25) is 0 Å². The van der Waals surface area contributed by atoms with Crippen LogP contribution in [0.1, 0.15) is 39.7 Å². The van der Waals surface area contributed by atoms with E-state index in [0.29, 0.717) is 37.9 Å². The van der Waals surface area contributed by atoms with Gasteiger partial charge in [0.1, 0.15) is 23.9 Å². The number of hydrogen-bond acceptors (Lipinski definition) is 5. The summed E-state index contributed by atoms with van der Waals surface area (Å²) in [4.78, 5) is 19.0. The topological polar surface area (TPSA) is 67.6 Å². The standard InChI is InChI=1S/C20H24FN3O3.ClH/c1-26-12-19-23-17-11-24(7-5-18(17)27-19)20(25)15-9-13(2-3-16(15)21)8-14-4-6-22-10-14;/h2-3,9,14,22H,4-8,10-12H2,1H3;1H. The summed E-state index contributed by atoms with van der Waals surface area (Å²) in [5.74, 6) is 1.08. The number of nitrogens with one attached hydrogen (secondary N) is 1. The molecule has 2 aliphatic rings. The molecule has 1 aromatic heterocycles. The van der Waals surface area contributed by atoms with Crippen molar-refractivity contribution in [2.75, 3.05) is 26.7 Å². The molecule has 6 nitrogen and oxygen atoms in total. The Labute approximate surface area is 169 Å². The fraction of sp³-hybridized carbons (Fsp3) is 0.500. The van der Waals surface area contributed by atoms with Gasteiger partial charge in [0.25, 0.3) is 5.91 Å². The van der Waals surface area contributed by atoms with E-state index in [0.717, 1.165) is 42.9 Å². The van der Waals surface area contributed by atoms with Crippen LogP contribution in [0.5, 0.6) is 0 Å². The molecule has 152 valence electrons. The van der Waals surface area contributed by atoms with Crippen molar-refractivity contribution >= 4 is 18.3 Å². The number of amides is 1. The van der Waals surface area contributed by atoms with Gasteiger partial charge in [-0.2, -0.15) is 0 Å². The highest BCUT2D eigenvalue weighted by atomic mass is 35.5. The maximum absolute atomic E-state index is 14.4. The minimum atomic E-state index is -0.473. The van der Waals surface area contributed by atoms with Gasteiger partial charge in [-0.3, -0.25) is 4.79 Å². The molecule has 28 heavy (non-hydrogen) atoms. The molecule has 1 atom stereocenters. The lowest BCUT2D eigenvalue weighted by Crippen LogP contribution is -2.36. The molecule has 1 aromatic carbocycles. The molecule has 2 aliphatic heterocycles. The minimum Gasteiger partial charge on any atom is -0.443 e. The first-order valence-corrected chi connectivity index (χ1v) is 9.39. The second kappa shape index (κ2) is 9.03. The molecule has 1 saturated heterocycles. The van der Waals surface area contributed by atoms with Gasteiger partial charge in [0, 0.05) is 20.1 Å². The van der Waals surface area contributed by atoms with Crippen LogP contribution in [0.25, 0.3) is 0 Å². The predicted molar refractivity (Wildman–Crippen MR) is 104 cm³/mol. The third kappa shape index (κ3) is 4.37. The minimum absolute atomic E-state index is 0. The summed E-state index contributed by atoms with van der Waals surface area (Å²) in [6.07, 6.45) is 2.56. The van der Waals surface area contributed by atoms with Crippen LogP contribution < -0.4 is 5.32 Å². The third-order valence-corrected chi connectivity index (χ3v) is 5.27. The maximum atomic E-state index is 14.4. The number of ether oxygens (including phenoxy) is 1. The van der Waals surface area contributed by atoms with Crippen molar-refractivity contribution in [2.24, 2.45) is 5.92 Å². The molecule has 1 unspecified atom stereocenters. The van der Waals surface area contributed by atoms with Crippen LogP contribution in [0, 0.1) is 11.7 Å². The molecule has 0 spiro atoms. The number of rotatable bonds is 5. The highest BCUT2D eigenvalue weighted by Crippen LogP contribution is 2.24. The first kappa shape index (κ1) is 20.8. The zero-order valence-corrected chi connectivity index (χ0v) is 16.7. The van der Waals surface area contributed by atoms with Crippen LogP contribution in [0.15, 0.2) is 22.6 Å². The van der Waals surface area contributed by atoms with Crippen molar-refractivity contribution in [2.45, 2.75) is 32.4 Å². The van der Waals surface area contributed by atoms with Gasteiger partial charge in [0.2, 0.25) is 5.89 Å². The van der Waals surface area contributed by atoms with E-state index >= 15 is 0 Å². The van der Waals surface area contributed by atoms with Gasteiger partial charge in [0.05, 0.1) is 12.1 Å². The first-order valence-electron chi connectivity index (χ1n) is 9.39. The molecule has 0 saturated carbocycles. The molecule has 8 heteroatoms. The van der Waals surface area contributed by atoms with E-state index in [1.54, 1.807) is 24.1 Å². The number of hydrogen-bond donors (Lipinski definition) is 1. The Hall–Kier alpha value is -1.96. The molecule has 2 aromatic rings. The van der Waals surface area contributed by atoms with Crippen molar-refractivity contribution in [1.29, 1.82) is 0 Å². The number of fused-ring (bicyclic) bond motifs is 1. The van der Waals surface area contributed by atoms with Gasteiger partial charge >= 0.3 is 0 Å². The molecule has 3 heterocycles. The number of methoxy groups -OCH3 is 1. The van der Waals surface area contributed by atoms with Gasteiger partial charge in [-0.25, -0.2) is 9.37 Å². The number of nitrogens with zero attached hydrogens (tertiary/aromatic N) is 2. The summed E-state index contributed by atoms with van der Waals surface area (Å²) in [5, 5.41) is 3.34. The van der Waals surface area contributed by atoms with Crippen molar-refractivity contribution in [3.05, 3.63) is 52.5 Å². The van der Waals surface area contributed by atoms with Crippen molar-refractivity contribution in [3.8, 4) is 0 Å². The van der Waals surface area contributed by atoms with Crippen molar-refractivity contribution < 1.29 is 18.3 Å². The average Bonchev–Trinajstić information content (AvgIpc) is 3.31. The van der Waals surface area contributed by atoms with Gasteiger partial charge in [-0.05, 0) is 49.5 Å². The third-order valence-electron chi connectivity index (χ3n) is 5.27. The monoisotopic (exact) mass is 409 g/mol. The van der Waals surface area contributed by atoms with Gasteiger partial charge in [-0.1, -0.05) is 6.07 Å². The maximum Gasteiger partial charge on any atom is 0.257 e. The molecule has 1 amide bonds. The predicted octanol–water partition coefficient (Wildman–Crippen LogP) is 2.73. The summed E-state index contributed by atoms with van der Waals surface area (Å²) < 4.78 is 25.1. The van der Waals surface area contributed by atoms with E-state index in [1.807, 2.05) is 0 Å².